The van der Waals surface area contributed by atoms with Crippen LogP contribution in [0.2, 0.25) is 0 Å². The van der Waals surface area contributed by atoms with E-state index in [1.165, 1.54) is 11.0 Å². The van der Waals surface area contributed by atoms with E-state index in [-0.39, 0.29) is 6.10 Å². The first-order valence-electron chi connectivity index (χ1n) is 5.04. The molecule has 1 aromatic rings. The number of ether oxygens (including phenoxy) is 1. The van der Waals surface area contributed by atoms with Crippen molar-refractivity contribution < 1.29 is 14.6 Å². The number of likely N-dealkylation sites (tertiary alicyclic amines) is 1. The first-order chi connectivity index (χ1) is 8.10. The lowest BCUT2D eigenvalue weighted by Crippen LogP contribution is -2.55. The molecule has 1 amide bonds. The first kappa shape index (κ1) is 11.1. The Labute approximate surface area is 97.8 Å². The molecule has 6 heteroatoms. The van der Waals surface area contributed by atoms with Gasteiger partial charge in [-0.1, -0.05) is 0 Å². The largest absolute Gasteiger partial charge is 0.485 e. The van der Waals surface area contributed by atoms with Gasteiger partial charge in [-0.2, -0.15) is 5.26 Å². The van der Waals surface area contributed by atoms with Crippen LogP contribution in [0.4, 0.5) is 10.5 Å². The second-order valence-electron chi connectivity index (χ2n) is 3.79. The smallest absolute Gasteiger partial charge is 0.407 e. The average Bonchev–Trinajstić information content (AvgIpc) is 2.23. The van der Waals surface area contributed by atoms with Gasteiger partial charge in [0, 0.05) is 5.69 Å². The Balaban J connectivity index is 2.01. The molecule has 1 heterocycles. The van der Waals surface area contributed by atoms with Crippen molar-refractivity contribution in [2.45, 2.75) is 6.10 Å². The Morgan fingerprint density at radius 3 is 2.88 bits per heavy atom. The molecule has 0 spiro atoms. The van der Waals surface area contributed by atoms with E-state index in [4.69, 9.17) is 20.8 Å². The van der Waals surface area contributed by atoms with Crippen LogP contribution in [0, 0.1) is 11.3 Å². The summed E-state index contributed by atoms with van der Waals surface area (Å²) in [7, 11) is 0. The molecule has 2 rings (SSSR count). The number of rotatable bonds is 2. The molecule has 0 radical (unpaired) electrons. The highest BCUT2D eigenvalue weighted by atomic mass is 16.5. The monoisotopic (exact) mass is 233 g/mol. The van der Waals surface area contributed by atoms with Gasteiger partial charge in [0.15, 0.2) is 0 Å². The molecule has 1 aliphatic heterocycles. The zero-order valence-electron chi connectivity index (χ0n) is 8.96. The molecule has 1 aliphatic rings. The highest BCUT2D eigenvalue weighted by Crippen LogP contribution is 2.24. The Kier molecular flexibility index (Phi) is 2.75. The van der Waals surface area contributed by atoms with Gasteiger partial charge in [-0.15, -0.1) is 0 Å². The summed E-state index contributed by atoms with van der Waals surface area (Å²) in [5.41, 5.74) is 6.40. The van der Waals surface area contributed by atoms with E-state index in [0.29, 0.717) is 30.1 Å². The fourth-order valence-electron chi connectivity index (χ4n) is 1.59. The maximum absolute atomic E-state index is 10.5. The van der Waals surface area contributed by atoms with Crippen LogP contribution in [0.5, 0.6) is 5.75 Å². The second kappa shape index (κ2) is 4.22. The fourth-order valence-corrected chi connectivity index (χ4v) is 1.59. The standard InChI is InChI=1S/C11H11N3O3/c12-4-7-3-8(13)1-2-10(7)17-9-5-14(6-9)11(15)16/h1-3,9H,5-6,13H2,(H,15,16). The number of nitrogens with zero attached hydrogens (tertiary/aromatic N) is 2. The van der Waals surface area contributed by atoms with E-state index in [1.807, 2.05) is 6.07 Å². The maximum Gasteiger partial charge on any atom is 0.407 e. The minimum Gasteiger partial charge on any atom is -0.485 e. The van der Waals surface area contributed by atoms with Crippen molar-refractivity contribution in [3.63, 3.8) is 0 Å². The number of nitrogen functional groups attached to an aromatic ring is 1. The molecule has 0 aromatic heterocycles. The van der Waals surface area contributed by atoms with Gasteiger partial charge in [0.25, 0.3) is 0 Å². The molecular formula is C11H11N3O3. The topological polar surface area (TPSA) is 99.6 Å². The third-order valence-electron chi connectivity index (χ3n) is 2.54. The summed E-state index contributed by atoms with van der Waals surface area (Å²) >= 11 is 0. The zero-order valence-corrected chi connectivity index (χ0v) is 8.96. The van der Waals surface area contributed by atoms with Gasteiger partial charge < -0.3 is 20.5 Å². The van der Waals surface area contributed by atoms with Gasteiger partial charge >= 0.3 is 6.09 Å². The molecule has 0 atom stereocenters. The van der Waals surface area contributed by atoms with Gasteiger partial charge in [-0.05, 0) is 18.2 Å². The molecule has 1 saturated heterocycles. The lowest BCUT2D eigenvalue weighted by Gasteiger charge is -2.36. The molecule has 0 saturated carbocycles. The molecule has 0 bridgehead atoms. The Bertz CT molecular complexity index is 489. The number of nitrogens with two attached hydrogens (primary N) is 1. The number of hydrogen-bond acceptors (Lipinski definition) is 4. The summed E-state index contributed by atoms with van der Waals surface area (Å²) in [4.78, 5) is 11.8. The minimum absolute atomic E-state index is 0.193. The van der Waals surface area contributed by atoms with Crippen LogP contribution >= 0.6 is 0 Å². The van der Waals surface area contributed by atoms with Gasteiger partial charge in [-0.25, -0.2) is 4.79 Å². The van der Waals surface area contributed by atoms with Crippen molar-refractivity contribution in [3.05, 3.63) is 23.8 Å². The summed E-state index contributed by atoms with van der Waals surface area (Å²) in [6.45, 7) is 0.648. The number of amides is 1. The van der Waals surface area contributed by atoms with Gasteiger partial charge in [0.1, 0.15) is 17.9 Å². The van der Waals surface area contributed by atoms with Gasteiger partial charge in [-0.3, -0.25) is 0 Å². The van der Waals surface area contributed by atoms with Crippen molar-refractivity contribution in [1.29, 1.82) is 5.26 Å². The molecular weight excluding hydrogens is 222 g/mol. The number of carbonyl (C=O) groups is 1. The third-order valence-corrected chi connectivity index (χ3v) is 2.54. The Morgan fingerprint density at radius 2 is 2.29 bits per heavy atom. The van der Waals surface area contributed by atoms with Crippen LogP contribution in [-0.2, 0) is 0 Å². The number of hydrogen-bond donors (Lipinski definition) is 2. The number of benzene rings is 1. The van der Waals surface area contributed by atoms with Crippen molar-refractivity contribution in [2.75, 3.05) is 18.8 Å². The summed E-state index contributed by atoms with van der Waals surface area (Å²) < 4.78 is 5.52. The number of anilines is 1. The van der Waals surface area contributed by atoms with E-state index >= 15 is 0 Å². The lowest BCUT2D eigenvalue weighted by atomic mass is 10.1. The molecule has 1 aromatic carbocycles. The SMILES string of the molecule is N#Cc1cc(N)ccc1OC1CN(C(=O)O)C1. The molecule has 1 fully saturated rings. The van der Waals surface area contributed by atoms with Crippen LogP contribution in [0.3, 0.4) is 0 Å². The maximum atomic E-state index is 10.5. The first-order valence-corrected chi connectivity index (χ1v) is 5.04. The predicted octanol–water partition coefficient (Wildman–Crippen LogP) is 0.881. The predicted molar refractivity (Wildman–Crippen MR) is 59.6 cm³/mol. The van der Waals surface area contributed by atoms with Crippen molar-refractivity contribution in [3.8, 4) is 11.8 Å². The van der Waals surface area contributed by atoms with Crippen molar-refractivity contribution in [2.24, 2.45) is 0 Å². The fraction of sp³-hybridized carbons (Fsp3) is 0.273. The van der Waals surface area contributed by atoms with Crippen LogP contribution in [0.1, 0.15) is 5.56 Å². The summed E-state index contributed by atoms with van der Waals surface area (Å²) in [6.07, 6.45) is -1.15. The summed E-state index contributed by atoms with van der Waals surface area (Å²) in [5, 5.41) is 17.6. The third kappa shape index (κ3) is 2.23. The summed E-state index contributed by atoms with van der Waals surface area (Å²) in [6, 6.07) is 6.78. The van der Waals surface area contributed by atoms with Crippen LogP contribution in [0.25, 0.3) is 0 Å². The number of nitriles is 1. The van der Waals surface area contributed by atoms with Crippen LogP contribution in [-0.4, -0.2) is 35.3 Å². The zero-order chi connectivity index (χ0) is 12.4. The molecule has 3 N–H and O–H groups in total. The Morgan fingerprint density at radius 1 is 1.59 bits per heavy atom. The summed E-state index contributed by atoms with van der Waals surface area (Å²) in [5.74, 6) is 0.441. The van der Waals surface area contributed by atoms with E-state index in [1.54, 1.807) is 12.1 Å². The van der Waals surface area contributed by atoms with E-state index in [0.717, 1.165) is 0 Å². The van der Waals surface area contributed by atoms with Gasteiger partial charge in [0.2, 0.25) is 0 Å². The highest BCUT2D eigenvalue weighted by Gasteiger charge is 2.32. The molecule has 6 nitrogen and oxygen atoms in total. The molecule has 0 unspecified atom stereocenters. The lowest BCUT2D eigenvalue weighted by molar-refractivity contribution is 0.0251. The molecule has 0 aliphatic carbocycles. The van der Waals surface area contributed by atoms with E-state index in [9.17, 15) is 4.79 Å². The van der Waals surface area contributed by atoms with Crippen molar-refractivity contribution >= 4 is 11.8 Å². The second-order valence-corrected chi connectivity index (χ2v) is 3.79. The minimum atomic E-state index is -0.956. The van der Waals surface area contributed by atoms with Crippen LogP contribution < -0.4 is 10.5 Å². The quantitative estimate of drug-likeness (QED) is 0.738. The van der Waals surface area contributed by atoms with Crippen molar-refractivity contribution in [1.82, 2.24) is 4.90 Å². The van der Waals surface area contributed by atoms with E-state index < -0.39 is 6.09 Å². The Hall–Kier alpha value is -2.42. The van der Waals surface area contributed by atoms with Crippen LogP contribution in [0.15, 0.2) is 18.2 Å². The normalized spacial score (nSPS) is 14.9. The van der Waals surface area contributed by atoms with Gasteiger partial charge in [0.05, 0.1) is 18.7 Å². The molecule has 17 heavy (non-hydrogen) atoms. The number of carboxylic acid groups (broad SMARTS) is 1. The van der Waals surface area contributed by atoms with E-state index in [2.05, 4.69) is 0 Å². The average molecular weight is 233 g/mol. The highest BCUT2D eigenvalue weighted by molar-refractivity contribution is 5.66. The molecule has 88 valence electrons.